The van der Waals surface area contributed by atoms with E-state index >= 15 is 0 Å². The molecule has 0 bridgehead atoms. The minimum atomic E-state index is -0.126. The Morgan fingerprint density at radius 3 is 2.40 bits per heavy atom. The summed E-state index contributed by atoms with van der Waals surface area (Å²) in [5.41, 5.74) is 2.23. The largest absolute Gasteiger partial charge is 0.287 e. The Balaban J connectivity index is 2.05. The molecule has 0 saturated heterocycles. The van der Waals surface area contributed by atoms with Gasteiger partial charge in [-0.25, -0.2) is 10.8 Å². The zero-order chi connectivity index (χ0) is 13.9. The molecule has 1 aliphatic carbocycles. The molecule has 0 radical (unpaired) electrons. The number of nitrogens with two attached hydrogens (primary N) is 1. The minimum absolute atomic E-state index is 0.126. The van der Waals surface area contributed by atoms with Crippen molar-refractivity contribution in [3.05, 3.63) is 59.9 Å². The van der Waals surface area contributed by atoms with Gasteiger partial charge in [-0.15, -0.1) is 0 Å². The maximum absolute atomic E-state index is 12.4. The zero-order valence-electron chi connectivity index (χ0n) is 10.5. The highest BCUT2D eigenvalue weighted by Gasteiger charge is 2.36. The van der Waals surface area contributed by atoms with Crippen LogP contribution in [0.3, 0.4) is 0 Å². The van der Waals surface area contributed by atoms with Crippen molar-refractivity contribution in [2.75, 3.05) is 0 Å². The second-order valence-electron chi connectivity index (χ2n) is 4.74. The predicted octanol–water partition coefficient (Wildman–Crippen LogP) is 1.84. The lowest BCUT2D eigenvalue weighted by atomic mass is 10.0. The molecule has 0 fully saturated rings. The van der Waals surface area contributed by atoms with Crippen LogP contribution >= 0.6 is 0 Å². The monoisotopic (exact) mass is 262 g/mol. The number of Topliss-reactive ketones (excluding diaryl/α,β-unsaturated/α-hetero) is 1. The first-order valence-corrected chi connectivity index (χ1v) is 6.14. The Bertz CT molecular complexity index is 863. The fourth-order valence-electron chi connectivity index (χ4n) is 2.54. The number of hydrogen-bond donors (Lipinski definition) is 1. The fraction of sp³-hybridized carbons (Fsp3) is 0. The van der Waals surface area contributed by atoms with Gasteiger partial charge in [-0.3, -0.25) is 4.79 Å². The average molecular weight is 262 g/mol. The molecular weight excluding hydrogens is 252 g/mol. The van der Waals surface area contributed by atoms with Crippen LogP contribution in [0.5, 0.6) is 0 Å². The summed E-state index contributed by atoms with van der Waals surface area (Å²) in [6.45, 7) is 3.66. The van der Waals surface area contributed by atoms with E-state index < -0.39 is 0 Å². The number of hydrazone groups is 1. The highest BCUT2D eigenvalue weighted by atomic mass is 16.1. The van der Waals surface area contributed by atoms with Crippen LogP contribution in [0.15, 0.2) is 58.9 Å². The van der Waals surface area contributed by atoms with Crippen LogP contribution in [0.2, 0.25) is 0 Å². The molecule has 5 nitrogen and oxygen atoms in total. The SMILES string of the molecule is C=C1N=C2C(=O)c3cc4ccccc4cc3C2=NN1N. The summed E-state index contributed by atoms with van der Waals surface area (Å²) in [7, 11) is 0. The number of rotatable bonds is 0. The van der Waals surface area contributed by atoms with Crippen LogP contribution in [0, 0.1) is 0 Å². The van der Waals surface area contributed by atoms with E-state index in [4.69, 9.17) is 5.84 Å². The van der Waals surface area contributed by atoms with Gasteiger partial charge in [-0.2, -0.15) is 10.2 Å². The Hall–Kier alpha value is -2.79. The van der Waals surface area contributed by atoms with E-state index in [0.717, 1.165) is 21.5 Å². The normalized spacial score (nSPS) is 16.9. The number of nitrogens with zero attached hydrogens (tertiary/aromatic N) is 3. The first-order chi connectivity index (χ1) is 9.65. The van der Waals surface area contributed by atoms with Crippen molar-refractivity contribution in [3.63, 3.8) is 0 Å². The van der Waals surface area contributed by atoms with Gasteiger partial charge in [0.2, 0.25) is 5.78 Å². The van der Waals surface area contributed by atoms with E-state index in [2.05, 4.69) is 16.7 Å². The molecule has 0 unspecified atom stereocenters. The van der Waals surface area contributed by atoms with Crippen molar-refractivity contribution in [3.8, 4) is 0 Å². The van der Waals surface area contributed by atoms with Crippen LogP contribution in [0.1, 0.15) is 15.9 Å². The lowest BCUT2D eigenvalue weighted by molar-refractivity contribution is 0.106. The average Bonchev–Trinajstić information content (AvgIpc) is 2.71. The maximum Gasteiger partial charge on any atom is 0.214 e. The fourth-order valence-corrected chi connectivity index (χ4v) is 2.54. The zero-order valence-corrected chi connectivity index (χ0v) is 10.5. The molecule has 0 spiro atoms. The highest BCUT2D eigenvalue weighted by molar-refractivity contribution is 6.78. The molecule has 0 amide bonds. The first-order valence-electron chi connectivity index (χ1n) is 6.14. The van der Waals surface area contributed by atoms with E-state index in [1.807, 2.05) is 36.4 Å². The molecule has 4 rings (SSSR count). The third kappa shape index (κ3) is 1.32. The highest BCUT2D eigenvalue weighted by Crippen LogP contribution is 2.29. The molecule has 2 aromatic rings. The van der Waals surface area contributed by atoms with E-state index in [1.54, 1.807) is 0 Å². The number of carbonyl (C=O) groups is 1. The molecule has 0 atom stereocenters. The first kappa shape index (κ1) is 11.1. The summed E-state index contributed by atoms with van der Waals surface area (Å²) in [5, 5.41) is 7.36. The van der Waals surface area contributed by atoms with Crippen molar-refractivity contribution in [2.45, 2.75) is 0 Å². The Labute approximate surface area is 114 Å². The number of benzene rings is 2. The molecule has 2 aromatic carbocycles. The maximum atomic E-state index is 12.4. The molecule has 96 valence electrons. The quantitative estimate of drug-likeness (QED) is 0.736. The van der Waals surface area contributed by atoms with Crippen molar-refractivity contribution in [1.82, 2.24) is 5.12 Å². The molecule has 1 heterocycles. The van der Waals surface area contributed by atoms with Gasteiger partial charge in [0.25, 0.3) is 0 Å². The number of carbonyl (C=O) groups excluding carboxylic acids is 1. The third-order valence-electron chi connectivity index (χ3n) is 3.54. The van der Waals surface area contributed by atoms with Crippen LogP contribution in [0.25, 0.3) is 10.8 Å². The van der Waals surface area contributed by atoms with Gasteiger partial charge in [-0.1, -0.05) is 30.8 Å². The second-order valence-corrected chi connectivity index (χ2v) is 4.74. The number of fused-ring (bicyclic) bond motifs is 4. The molecule has 20 heavy (non-hydrogen) atoms. The summed E-state index contributed by atoms with van der Waals surface area (Å²) in [6.07, 6.45) is 0. The Morgan fingerprint density at radius 2 is 1.70 bits per heavy atom. The number of hydrogen-bond acceptors (Lipinski definition) is 5. The van der Waals surface area contributed by atoms with Gasteiger partial charge >= 0.3 is 0 Å². The van der Waals surface area contributed by atoms with E-state index in [1.165, 1.54) is 0 Å². The summed E-state index contributed by atoms with van der Waals surface area (Å²) < 4.78 is 0. The summed E-state index contributed by atoms with van der Waals surface area (Å²) >= 11 is 0. The van der Waals surface area contributed by atoms with Gasteiger partial charge in [-0.05, 0) is 22.9 Å². The van der Waals surface area contributed by atoms with Gasteiger partial charge in [0.1, 0.15) is 11.4 Å². The molecule has 0 saturated carbocycles. The van der Waals surface area contributed by atoms with Crippen LogP contribution < -0.4 is 5.84 Å². The van der Waals surface area contributed by atoms with Gasteiger partial charge in [0, 0.05) is 11.1 Å². The summed E-state index contributed by atoms with van der Waals surface area (Å²) in [5.74, 6) is 5.81. The van der Waals surface area contributed by atoms with Gasteiger partial charge in [0.05, 0.1) is 0 Å². The molecule has 2 N–H and O–H groups in total. The Kier molecular flexibility index (Phi) is 2.00. The van der Waals surface area contributed by atoms with Crippen molar-refractivity contribution >= 4 is 28.0 Å². The lowest BCUT2D eigenvalue weighted by Gasteiger charge is -2.17. The van der Waals surface area contributed by atoms with Crippen molar-refractivity contribution in [2.24, 2.45) is 15.9 Å². The van der Waals surface area contributed by atoms with Gasteiger partial charge in [0.15, 0.2) is 5.82 Å². The smallest absolute Gasteiger partial charge is 0.214 e. The van der Waals surface area contributed by atoms with Crippen molar-refractivity contribution in [1.29, 1.82) is 0 Å². The van der Waals surface area contributed by atoms with E-state index in [-0.39, 0.29) is 11.6 Å². The molecule has 1 aliphatic heterocycles. The van der Waals surface area contributed by atoms with Gasteiger partial charge < -0.3 is 0 Å². The lowest BCUT2D eigenvalue weighted by Crippen LogP contribution is -2.32. The third-order valence-corrected chi connectivity index (χ3v) is 3.54. The molecule has 0 aromatic heterocycles. The van der Waals surface area contributed by atoms with Crippen LogP contribution in [-0.4, -0.2) is 22.3 Å². The summed E-state index contributed by atoms with van der Waals surface area (Å²) in [4.78, 5) is 16.6. The molecule has 5 heteroatoms. The number of ketones is 1. The number of aliphatic imine (C=N–C) groups is 1. The van der Waals surface area contributed by atoms with Crippen LogP contribution in [0.4, 0.5) is 0 Å². The molecular formula is C15H10N4O. The topological polar surface area (TPSA) is 71.0 Å². The Morgan fingerprint density at radius 1 is 1.05 bits per heavy atom. The summed E-state index contributed by atoms with van der Waals surface area (Å²) in [6, 6.07) is 11.7. The molecule has 2 aliphatic rings. The standard InChI is InChI=1S/C15H10N4O/c1-8-17-14-13(18-19(8)16)11-6-9-4-2-3-5-10(9)7-12(11)15(14)20/h2-7H,1,16H2. The van der Waals surface area contributed by atoms with E-state index in [0.29, 0.717) is 17.0 Å². The van der Waals surface area contributed by atoms with Crippen molar-refractivity contribution < 1.29 is 4.79 Å². The predicted molar refractivity (Wildman–Crippen MR) is 77.4 cm³/mol. The number of hydrazine groups is 1. The second kappa shape index (κ2) is 3.61. The van der Waals surface area contributed by atoms with E-state index in [9.17, 15) is 4.79 Å². The van der Waals surface area contributed by atoms with Crippen LogP contribution in [-0.2, 0) is 0 Å². The minimum Gasteiger partial charge on any atom is -0.287 e.